The molecule has 196 valence electrons. The van der Waals surface area contributed by atoms with E-state index in [-0.39, 0.29) is 13.2 Å². The highest BCUT2D eigenvalue weighted by Crippen LogP contribution is 2.67. The predicted octanol–water partition coefficient (Wildman–Crippen LogP) is -2.23. The van der Waals surface area contributed by atoms with Crippen molar-refractivity contribution in [3.05, 3.63) is 33.1 Å². The Hall–Kier alpha value is -2.39. The molecule has 5 atom stereocenters. The zero-order valence-electron chi connectivity index (χ0n) is 19.4. The number of nitrogens with one attached hydrogen (secondary N) is 3. The van der Waals surface area contributed by atoms with Crippen LogP contribution in [0.25, 0.3) is 0 Å². The van der Waals surface area contributed by atoms with Gasteiger partial charge in [0.05, 0.1) is 19.8 Å². The number of nitrogens with zero attached hydrogens (tertiary/aromatic N) is 1. The number of aromatic amines is 1. The summed E-state index contributed by atoms with van der Waals surface area (Å²) in [6.07, 6.45) is -1.57. The summed E-state index contributed by atoms with van der Waals surface area (Å²) in [4.78, 5) is 48.9. The molecule has 1 aromatic heterocycles. The van der Waals surface area contributed by atoms with Crippen molar-refractivity contribution in [2.75, 3.05) is 32.9 Å². The highest BCUT2D eigenvalue weighted by Gasteiger charge is 2.85. The van der Waals surface area contributed by atoms with Crippen LogP contribution in [0.5, 0.6) is 0 Å². The van der Waals surface area contributed by atoms with Gasteiger partial charge in [0.25, 0.3) is 5.56 Å². The SMILES string of the molecule is CCOC(=O)CNP(=O)(NCC(=O)OCC)OCC1OC2(C)C(n3ccc(=O)[nH]c3=O)C2(O)C1O. The van der Waals surface area contributed by atoms with Gasteiger partial charge < -0.3 is 28.9 Å². The van der Waals surface area contributed by atoms with Crippen LogP contribution in [0.2, 0.25) is 0 Å². The van der Waals surface area contributed by atoms with Crippen LogP contribution in [-0.4, -0.2) is 88.0 Å². The fourth-order valence-corrected chi connectivity index (χ4v) is 5.50. The smallest absolute Gasteiger partial charge is 0.341 e. The van der Waals surface area contributed by atoms with E-state index in [9.17, 15) is 34.0 Å². The number of carbonyl (C=O) groups excluding carboxylic acids is 2. The quantitative estimate of drug-likeness (QED) is 0.146. The molecule has 1 aliphatic heterocycles. The Morgan fingerprint density at radius 3 is 2.23 bits per heavy atom. The molecule has 3 rings (SSSR count). The van der Waals surface area contributed by atoms with Gasteiger partial charge in [0, 0.05) is 12.3 Å². The Kier molecular flexibility index (Phi) is 8.01. The van der Waals surface area contributed by atoms with E-state index in [1.54, 1.807) is 13.8 Å². The highest BCUT2D eigenvalue weighted by atomic mass is 31.2. The van der Waals surface area contributed by atoms with Gasteiger partial charge in [-0.05, 0) is 20.8 Å². The number of rotatable bonds is 12. The number of hydrogen-bond donors (Lipinski definition) is 5. The van der Waals surface area contributed by atoms with Crippen molar-refractivity contribution in [2.45, 2.75) is 50.2 Å². The van der Waals surface area contributed by atoms with Gasteiger partial charge >= 0.3 is 25.3 Å². The van der Waals surface area contributed by atoms with Crippen molar-refractivity contribution in [3.63, 3.8) is 0 Å². The number of ether oxygens (including phenoxy) is 3. The summed E-state index contributed by atoms with van der Waals surface area (Å²) in [6.45, 7) is 3.32. The number of aliphatic hydroxyl groups excluding tert-OH is 1. The number of fused-ring (bicyclic) bond motifs is 1. The fourth-order valence-electron chi connectivity index (χ4n) is 4.17. The van der Waals surface area contributed by atoms with E-state index in [4.69, 9.17) is 18.7 Å². The van der Waals surface area contributed by atoms with Crippen molar-refractivity contribution < 1.29 is 43.1 Å². The van der Waals surface area contributed by atoms with Crippen molar-refractivity contribution in [2.24, 2.45) is 0 Å². The number of aliphatic hydroxyl groups is 2. The first-order valence-corrected chi connectivity index (χ1v) is 12.5. The van der Waals surface area contributed by atoms with E-state index in [2.05, 4.69) is 15.2 Å². The topological polar surface area (TPSA) is 208 Å². The molecule has 1 aromatic rings. The van der Waals surface area contributed by atoms with Gasteiger partial charge in [-0.15, -0.1) is 0 Å². The van der Waals surface area contributed by atoms with Crippen LogP contribution in [0.1, 0.15) is 26.8 Å². The van der Waals surface area contributed by atoms with Gasteiger partial charge in [-0.2, -0.15) is 0 Å². The lowest BCUT2D eigenvalue weighted by Gasteiger charge is -2.26. The lowest BCUT2D eigenvalue weighted by Crippen LogP contribution is -2.43. The minimum absolute atomic E-state index is 0.0980. The second-order valence-electron chi connectivity index (χ2n) is 8.08. The lowest BCUT2D eigenvalue weighted by molar-refractivity contribution is -0.142. The van der Waals surface area contributed by atoms with Gasteiger partial charge in [0.2, 0.25) is 0 Å². The molecule has 2 aliphatic rings. The molecular formula is C19H29N4O11P. The molecule has 1 aliphatic carbocycles. The Bertz CT molecular complexity index is 1100. The number of hydrogen-bond acceptors (Lipinski definition) is 11. The maximum absolute atomic E-state index is 13.2. The van der Waals surface area contributed by atoms with Crippen LogP contribution in [0.4, 0.5) is 0 Å². The lowest BCUT2D eigenvalue weighted by atomic mass is 10.1. The summed E-state index contributed by atoms with van der Waals surface area (Å²) in [7, 11) is -4.06. The molecule has 1 saturated heterocycles. The van der Waals surface area contributed by atoms with E-state index < -0.39 is 80.0 Å². The monoisotopic (exact) mass is 520 g/mol. The summed E-state index contributed by atoms with van der Waals surface area (Å²) < 4.78 is 34.9. The zero-order chi connectivity index (χ0) is 26.0. The molecular weight excluding hydrogens is 491 g/mol. The van der Waals surface area contributed by atoms with Crippen molar-refractivity contribution >= 4 is 19.6 Å². The van der Waals surface area contributed by atoms with Crippen LogP contribution in [0.3, 0.4) is 0 Å². The van der Waals surface area contributed by atoms with E-state index in [1.165, 1.54) is 13.1 Å². The first-order valence-electron chi connectivity index (χ1n) is 10.9. The number of esters is 2. The first kappa shape index (κ1) is 27.2. The molecule has 1 saturated carbocycles. The summed E-state index contributed by atoms with van der Waals surface area (Å²) in [5.41, 5.74) is -4.72. The average Bonchev–Trinajstić information content (AvgIpc) is 3.20. The molecule has 0 radical (unpaired) electrons. The number of carbonyl (C=O) groups is 2. The van der Waals surface area contributed by atoms with Gasteiger partial charge in [-0.1, -0.05) is 0 Å². The molecule has 0 amide bonds. The predicted molar refractivity (Wildman–Crippen MR) is 117 cm³/mol. The summed E-state index contributed by atoms with van der Waals surface area (Å²) in [6, 6.07) is 0.0943. The molecule has 2 heterocycles. The molecule has 0 bridgehead atoms. The van der Waals surface area contributed by atoms with Crippen molar-refractivity contribution in [3.8, 4) is 0 Å². The van der Waals surface area contributed by atoms with Gasteiger partial charge in [0.1, 0.15) is 42.5 Å². The summed E-state index contributed by atoms with van der Waals surface area (Å²) in [5.74, 6) is -1.44. The number of H-pyrrole nitrogens is 1. The summed E-state index contributed by atoms with van der Waals surface area (Å²) in [5, 5.41) is 26.6. The zero-order valence-corrected chi connectivity index (χ0v) is 20.3. The second-order valence-corrected chi connectivity index (χ2v) is 10.1. The molecule has 15 nitrogen and oxygen atoms in total. The van der Waals surface area contributed by atoms with Crippen LogP contribution in [0.15, 0.2) is 21.9 Å². The molecule has 16 heteroatoms. The van der Waals surface area contributed by atoms with Crippen molar-refractivity contribution in [1.29, 1.82) is 0 Å². The maximum Gasteiger partial charge on any atom is 0.341 e. The first-order chi connectivity index (χ1) is 16.4. The van der Waals surface area contributed by atoms with E-state index >= 15 is 0 Å². The van der Waals surface area contributed by atoms with Crippen LogP contribution < -0.4 is 21.4 Å². The van der Waals surface area contributed by atoms with Gasteiger partial charge in [-0.25, -0.2) is 15.0 Å². The maximum atomic E-state index is 13.2. The van der Waals surface area contributed by atoms with Crippen LogP contribution in [0, 0.1) is 0 Å². The normalized spacial score (nSPS) is 29.5. The highest BCUT2D eigenvalue weighted by molar-refractivity contribution is 7.54. The summed E-state index contributed by atoms with van der Waals surface area (Å²) >= 11 is 0. The molecule has 35 heavy (non-hydrogen) atoms. The minimum Gasteiger partial charge on any atom is -0.465 e. The third kappa shape index (κ3) is 5.26. The molecule has 5 N–H and O–H groups in total. The Labute approximate surface area is 199 Å². The Morgan fingerprint density at radius 2 is 1.77 bits per heavy atom. The fraction of sp³-hybridized carbons (Fsp3) is 0.684. The van der Waals surface area contributed by atoms with E-state index in [0.717, 1.165) is 10.6 Å². The van der Waals surface area contributed by atoms with E-state index in [0.29, 0.717) is 0 Å². The largest absolute Gasteiger partial charge is 0.465 e. The third-order valence-corrected chi connectivity index (χ3v) is 7.53. The van der Waals surface area contributed by atoms with Crippen LogP contribution in [-0.2, 0) is 32.9 Å². The van der Waals surface area contributed by atoms with E-state index in [1.807, 2.05) is 0 Å². The molecule has 0 aromatic carbocycles. The standard InChI is InChI=1S/C19H29N4O11P/c1-4-31-13(25)8-20-35(30,21-9-14(26)32-5-2)33-10-11-15(27)19(29)16(18(19,3)34-11)23-7-6-12(24)22-17(23)28/h6-7,11,15-16,27,29H,4-5,8-10H2,1-3H3,(H2,20,21,30)(H,22,24,28). The van der Waals surface area contributed by atoms with Crippen molar-refractivity contribution in [1.82, 2.24) is 19.7 Å². The number of aromatic nitrogens is 2. The van der Waals surface area contributed by atoms with Gasteiger partial charge in [-0.3, -0.25) is 28.5 Å². The van der Waals surface area contributed by atoms with Gasteiger partial charge in [0.15, 0.2) is 0 Å². The molecule has 5 unspecified atom stereocenters. The Balaban J connectivity index is 1.68. The average molecular weight is 520 g/mol. The third-order valence-electron chi connectivity index (χ3n) is 5.87. The second kappa shape index (κ2) is 10.3. The van der Waals surface area contributed by atoms with Crippen LogP contribution >= 0.6 is 7.67 Å². The Morgan fingerprint density at radius 1 is 1.20 bits per heavy atom. The minimum atomic E-state index is -4.06. The molecule has 0 spiro atoms. The molecule has 2 fully saturated rings.